The second-order valence-corrected chi connectivity index (χ2v) is 18.2. The van der Waals surface area contributed by atoms with E-state index in [4.69, 9.17) is 0 Å². The lowest BCUT2D eigenvalue weighted by Gasteiger charge is -2.22. The number of hydrogen-bond donors (Lipinski definition) is 0. The Morgan fingerprint density at radius 2 is 0.867 bits per heavy atom. The highest BCUT2D eigenvalue weighted by molar-refractivity contribution is 7.26. The van der Waals surface area contributed by atoms with E-state index < -0.39 is 0 Å². The van der Waals surface area contributed by atoms with Gasteiger partial charge in [-0.2, -0.15) is 0 Å². The number of rotatable bonds is 3. The SMILES string of the molecule is CC1(C)c2ccc(-c3ccc(-c4c5ccccc5c(-c5cccc6ccccc56)c5ccccc45)c4ccccc34)cc2-c2cc3ccc4c5ccccc5sc4c3cc21. The van der Waals surface area contributed by atoms with Gasteiger partial charge < -0.3 is 0 Å². The van der Waals surface area contributed by atoms with E-state index >= 15 is 0 Å². The van der Waals surface area contributed by atoms with Crippen LogP contribution in [0.5, 0.6) is 0 Å². The molecule has 1 aliphatic rings. The molecule has 0 spiro atoms. The average Bonchev–Trinajstić information content (AvgIpc) is 3.78. The van der Waals surface area contributed by atoms with Crippen LogP contribution in [-0.4, -0.2) is 0 Å². The molecule has 13 rings (SSSR count). The van der Waals surface area contributed by atoms with Gasteiger partial charge in [0, 0.05) is 25.6 Å². The Labute approximate surface area is 352 Å². The number of hydrogen-bond acceptors (Lipinski definition) is 1. The molecule has 0 nitrogen and oxygen atoms in total. The van der Waals surface area contributed by atoms with E-state index in [1.165, 1.54) is 130 Å². The van der Waals surface area contributed by atoms with Crippen molar-refractivity contribution in [2.45, 2.75) is 19.3 Å². The third-order valence-corrected chi connectivity index (χ3v) is 14.9. The lowest BCUT2D eigenvalue weighted by molar-refractivity contribution is 0.661. The molecular weight excluding hydrogens is 741 g/mol. The number of thiophene rings is 1. The van der Waals surface area contributed by atoms with Crippen LogP contribution in [0.15, 0.2) is 194 Å². The largest absolute Gasteiger partial charge is 0.135 e. The third-order valence-electron chi connectivity index (χ3n) is 13.6. The number of fused-ring (bicyclic) bond motifs is 12. The van der Waals surface area contributed by atoms with Gasteiger partial charge in [-0.25, -0.2) is 0 Å². The molecule has 0 saturated heterocycles. The molecule has 0 bridgehead atoms. The van der Waals surface area contributed by atoms with Gasteiger partial charge in [0.1, 0.15) is 0 Å². The van der Waals surface area contributed by atoms with Crippen molar-refractivity contribution >= 4 is 85.4 Å². The molecule has 1 aliphatic carbocycles. The maximum atomic E-state index is 2.51. The van der Waals surface area contributed by atoms with Crippen molar-refractivity contribution in [3.05, 3.63) is 205 Å². The van der Waals surface area contributed by atoms with Crippen LogP contribution in [0.2, 0.25) is 0 Å². The normalized spacial score (nSPS) is 13.3. The van der Waals surface area contributed by atoms with Gasteiger partial charge >= 0.3 is 0 Å². The van der Waals surface area contributed by atoms with Crippen LogP contribution >= 0.6 is 11.3 Å². The third kappa shape index (κ3) is 4.67. The van der Waals surface area contributed by atoms with Crippen molar-refractivity contribution in [3.63, 3.8) is 0 Å². The second-order valence-electron chi connectivity index (χ2n) is 17.1. The van der Waals surface area contributed by atoms with Crippen molar-refractivity contribution in [2.24, 2.45) is 0 Å². The molecule has 0 amide bonds. The molecule has 0 atom stereocenters. The molecule has 12 aromatic rings. The fraction of sp³-hybridized carbons (Fsp3) is 0.0508. The quantitative estimate of drug-likeness (QED) is 0.157. The van der Waals surface area contributed by atoms with Crippen LogP contribution < -0.4 is 0 Å². The molecular formula is C59H38S. The van der Waals surface area contributed by atoms with Crippen molar-refractivity contribution in [1.29, 1.82) is 0 Å². The van der Waals surface area contributed by atoms with Crippen molar-refractivity contribution in [1.82, 2.24) is 0 Å². The first-order valence-corrected chi connectivity index (χ1v) is 21.8. The lowest BCUT2D eigenvalue weighted by Crippen LogP contribution is -2.14. The van der Waals surface area contributed by atoms with Crippen LogP contribution in [0.3, 0.4) is 0 Å². The van der Waals surface area contributed by atoms with Gasteiger partial charge in [0.15, 0.2) is 0 Å². The van der Waals surface area contributed by atoms with Gasteiger partial charge in [-0.15, -0.1) is 11.3 Å². The molecule has 0 fully saturated rings. The maximum Gasteiger partial charge on any atom is 0.0433 e. The molecule has 1 aromatic heterocycles. The van der Waals surface area contributed by atoms with Gasteiger partial charge in [0.2, 0.25) is 0 Å². The van der Waals surface area contributed by atoms with E-state index in [9.17, 15) is 0 Å². The standard InChI is InChI=1S/C59H38S/c1-59(2)53-31-27-36(32-51(53)52-33-37-26-28-49-42-19-11-12-25-55(42)60-58(49)50(37)34-54(52)59)39-29-30-48(41-18-6-5-17-40(39)41)57-46-22-9-7-20-44(46)56(45-21-8-10-23-47(45)57)43-24-13-15-35-14-3-4-16-38(35)43/h3-34H,1-2H3. The van der Waals surface area contributed by atoms with E-state index in [2.05, 4.69) is 208 Å². The zero-order valence-corrected chi connectivity index (χ0v) is 34.2. The van der Waals surface area contributed by atoms with Gasteiger partial charge in [0.25, 0.3) is 0 Å². The predicted molar refractivity (Wildman–Crippen MR) is 261 cm³/mol. The minimum absolute atomic E-state index is 0.109. The van der Waals surface area contributed by atoms with Gasteiger partial charge in [-0.05, 0) is 134 Å². The Morgan fingerprint density at radius 1 is 0.317 bits per heavy atom. The fourth-order valence-electron chi connectivity index (χ4n) is 10.8. The molecule has 1 heteroatoms. The van der Waals surface area contributed by atoms with Crippen LogP contribution in [0.4, 0.5) is 0 Å². The first-order chi connectivity index (χ1) is 29.5. The van der Waals surface area contributed by atoms with Gasteiger partial charge in [-0.1, -0.05) is 184 Å². The minimum Gasteiger partial charge on any atom is -0.135 e. The summed E-state index contributed by atoms with van der Waals surface area (Å²) in [5.41, 5.74) is 13.0. The van der Waals surface area contributed by atoms with Gasteiger partial charge in [0.05, 0.1) is 0 Å². The Bertz CT molecular complexity index is 3740. The second kappa shape index (κ2) is 12.5. The van der Waals surface area contributed by atoms with Crippen LogP contribution in [0, 0.1) is 0 Å². The van der Waals surface area contributed by atoms with Crippen LogP contribution in [0.25, 0.3) is 119 Å². The first-order valence-electron chi connectivity index (χ1n) is 21.0. The van der Waals surface area contributed by atoms with Crippen LogP contribution in [0.1, 0.15) is 25.0 Å². The van der Waals surface area contributed by atoms with Crippen LogP contribution in [-0.2, 0) is 5.41 Å². The molecule has 1 heterocycles. The average molecular weight is 779 g/mol. The monoisotopic (exact) mass is 778 g/mol. The minimum atomic E-state index is -0.109. The van der Waals surface area contributed by atoms with E-state index in [-0.39, 0.29) is 5.41 Å². The zero-order valence-electron chi connectivity index (χ0n) is 33.4. The summed E-state index contributed by atoms with van der Waals surface area (Å²) in [6.45, 7) is 4.80. The summed E-state index contributed by atoms with van der Waals surface area (Å²) in [4.78, 5) is 0. The molecule has 280 valence electrons. The summed E-state index contributed by atoms with van der Waals surface area (Å²) in [5, 5.41) is 15.5. The molecule has 0 N–H and O–H groups in total. The molecule has 0 radical (unpaired) electrons. The maximum absolute atomic E-state index is 2.51. The lowest BCUT2D eigenvalue weighted by atomic mass is 9.81. The fourth-order valence-corrected chi connectivity index (χ4v) is 12.1. The van der Waals surface area contributed by atoms with Crippen molar-refractivity contribution in [2.75, 3.05) is 0 Å². The highest BCUT2D eigenvalue weighted by atomic mass is 32.1. The zero-order chi connectivity index (χ0) is 39.7. The summed E-state index contributed by atoms with van der Waals surface area (Å²) in [6, 6.07) is 73.0. The summed E-state index contributed by atoms with van der Waals surface area (Å²) >= 11 is 1.92. The smallest absolute Gasteiger partial charge is 0.0433 e. The van der Waals surface area contributed by atoms with E-state index in [0.717, 1.165) is 0 Å². The molecule has 60 heavy (non-hydrogen) atoms. The summed E-state index contributed by atoms with van der Waals surface area (Å²) in [5.74, 6) is 0. The Hall–Kier alpha value is -7.06. The summed E-state index contributed by atoms with van der Waals surface area (Å²) in [7, 11) is 0. The topological polar surface area (TPSA) is 0 Å². The van der Waals surface area contributed by atoms with E-state index in [0.29, 0.717) is 0 Å². The Kier molecular flexibility index (Phi) is 7.04. The highest BCUT2D eigenvalue weighted by Crippen LogP contribution is 2.53. The Balaban J connectivity index is 1.01. The molecule has 11 aromatic carbocycles. The first kappa shape index (κ1) is 33.9. The van der Waals surface area contributed by atoms with E-state index in [1.807, 2.05) is 11.3 Å². The number of benzene rings is 11. The van der Waals surface area contributed by atoms with E-state index in [1.54, 1.807) is 0 Å². The van der Waals surface area contributed by atoms with Crippen molar-refractivity contribution < 1.29 is 0 Å². The molecule has 0 aliphatic heterocycles. The Morgan fingerprint density at radius 3 is 1.58 bits per heavy atom. The molecule has 0 unspecified atom stereocenters. The summed E-state index contributed by atoms with van der Waals surface area (Å²) < 4.78 is 2.74. The van der Waals surface area contributed by atoms with Crippen molar-refractivity contribution in [3.8, 4) is 44.5 Å². The molecule has 0 saturated carbocycles. The predicted octanol–water partition coefficient (Wildman–Crippen LogP) is 17.1. The van der Waals surface area contributed by atoms with Gasteiger partial charge in [-0.3, -0.25) is 0 Å². The highest BCUT2D eigenvalue weighted by Gasteiger charge is 2.36. The summed E-state index contributed by atoms with van der Waals surface area (Å²) in [6.07, 6.45) is 0.